The minimum Gasteiger partial charge on any atom is -0.478 e. The van der Waals surface area contributed by atoms with Gasteiger partial charge in [-0.2, -0.15) is 0 Å². The third-order valence-electron chi connectivity index (χ3n) is 2.98. The van der Waals surface area contributed by atoms with Crippen LogP contribution in [-0.4, -0.2) is 38.7 Å². The Balaban J connectivity index is 2.02. The molecule has 0 saturated heterocycles. The topological polar surface area (TPSA) is 92.7 Å². The van der Waals surface area contributed by atoms with Crippen LogP contribution in [0.2, 0.25) is 0 Å². The Hall–Kier alpha value is -1.44. The number of hydrogen-bond acceptors (Lipinski definition) is 4. The van der Waals surface area contributed by atoms with Crippen LogP contribution in [0.3, 0.4) is 0 Å². The molecule has 2 N–H and O–H groups in total. The third kappa shape index (κ3) is 3.78. The van der Waals surface area contributed by atoms with Crippen molar-refractivity contribution in [1.82, 2.24) is 4.72 Å². The molecule has 2 rings (SSSR count). The first-order chi connectivity index (χ1) is 9.40. The molecule has 0 atom stereocenters. The van der Waals surface area contributed by atoms with Crippen LogP contribution in [0, 0.1) is 6.92 Å². The summed E-state index contributed by atoms with van der Waals surface area (Å²) in [6.45, 7) is 2.12. The smallest absolute Gasteiger partial charge is 0.335 e. The zero-order valence-corrected chi connectivity index (χ0v) is 11.9. The van der Waals surface area contributed by atoms with Gasteiger partial charge in [-0.15, -0.1) is 0 Å². The third-order valence-corrected chi connectivity index (χ3v) is 4.60. The van der Waals surface area contributed by atoms with Gasteiger partial charge >= 0.3 is 5.97 Å². The first kappa shape index (κ1) is 15.0. The largest absolute Gasteiger partial charge is 0.478 e. The number of rotatable bonds is 7. The molecule has 0 amide bonds. The molecule has 6 nitrogen and oxygen atoms in total. The molecule has 110 valence electrons. The highest BCUT2D eigenvalue weighted by Crippen LogP contribution is 2.23. The molecular formula is C13H17NO5S. The van der Waals surface area contributed by atoms with Crippen molar-refractivity contribution in [2.24, 2.45) is 0 Å². The van der Waals surface area contributed by atoms with Crippen molar-refractivity contribution in [1.29, 1.82) is 0 Å². The lowest BCUT2D eigenvalue weighted by Crippen LogP contribution is -2.28. The Morgan fingerprint density at radius 1 is 1.45 bits per heavy atom. The van der Waals surface area contributed by atoms with Crippen molar-refractivity contribution in [3.8, 4) is 0 Å². The number of hydrogen-bond donors (Lipinski definition) is 2. The molecule has 0 heterocycles. The van der Waals surface area contributed by atoms with Gasteiger partial charge in [0.25, 0.3) is 0 Å². The van der Waals surface area contributed by atoms with Crippen molar-refractivity contribution < 1.29 is 23.1 Å². The van der Waals surface area contributed by atoms with Gasteiger partial charge < -0.3 is 9.84 Å². The van der Waals surface area contributed by atoms with Gasteiger partial charge in [0.15, 0.2) is 0 Å². The first-order valence-corrected chi connectivity index (χ1v) is 7.83. The summed E-state index contributed by atoms with van der Waals surface area (Å²) in [5.74, 6) is -1.08. The summed E-state index contributed by atoms with van der Waals surface area (Å²) in [6, 6.07) is 3.94. The molecule has 7 heteroatoms. The number of aryl methyl sites for hydroxylation is 1. The number of aromatic carboxylic acids is 1. The highest BCUT2D eigenvalue weighted by molar-refractivity contribution is 7.89. The molecule has 1 aliphatic carbocycles. The van der Waals surface area contributed by atoms with Crippen molar-refractivity contribution in [2.45, 2.75) is 30.8 Å². The highest BCUT2D eigenvalue weighted by Gasteiger charge is 2.22. The van der Waals surface area contributed by atoms with E-state index in [-0.39, 0.29) is 23.1 Å². The molecule has 20 heavy (non-hydrogen) atoms. The summed E-state index contributed by atoms with van der Waals surface area (Å²) in [4.78, 5) is 10.9. The number of nitrogens with one attached hydrogen (secondary N) is 1. The normalized spacial score (nSPS) is 15.2. The van der Waals surface area contributed by atoms with E-state index in [2.05, 4.69) is 4.72 Å². The Kier molecular flexibility index (Phi) is 4.42. The number of ether oxygens (including phenoxy) is 1. The zero-order chi connectivity index (χ0) is 14.8. The van der Waals surface area contributed by atoms with Gasteiger partial charge in [-0.25, -0.2) is 17.9 Å². The monoisotopic (exact) mass is 299 g/mol. The van der Waals surface area contributed by atoms with Crippen LogP contribution in [0.25, 0.3) is 0 Å². The maximum absolute atomic E-state index is 12.1. The van der Waals surface area contributed by atoms with E-state index >= 15 is 0 Å². The Labute approximate surface area is 117 Å². The second-order valence-corrected chi connectivity index (χ2v) is 6.49. The van der Waals surface area contributed by atoms with Crippen LogP contribution in [0.4, 0.5) is 0 Å². The van der Waals surface area contributed by atoms with Crippen LogP contribution in [-0.2, 0) is 14.8 Å². The van der Waals surface area contributed by atoms with Crippen molar-refractivity contribution in [2.75, 3.05) is 13.2 Å². The van der Waals surface area contributed by atoms with E-state index in [1.54, 1.807) is 6.92 Å². The van der Waals surface area contributed by atoms with E-state index in [4.69, 9.17) is 9.84 Å². The van der Waals surface area contributed by atoms with Crippen molar-refractivity contribution in [3.63, 3.8) is 0 Å². The molecule has 1 aliphatic rings. The van der Waals surface area contributed by atoms with Gasteiger partial charge in [0, 0.05) is 6.54 Å². The fraction of sp³-hybridized carbons (Fsp3) is 0.462. The summed E-state index contributed by atoms with van der Waals surface area (Å²) < 4.78 is 32.0. The summed E-state index contributed by atoms with van der Waals surface area (Å²) in [5.41, 5.74) is 0.471. The van der Waals surface area contributed by atoms with Crippen LogP contribution in [0.15, 0.2) is 23.1 Å². The van der Waals surface area contributed by atoms with Crippen LogP contribution >= 0.6 is 0 Å². The first-order valence-electron chi connectivity index (χ1n) is 6.35. The van der Waals surface area contributed by atoms with Gasteiger partial charge in [0.1, 0.15) is 0 Å². The maximum atomic E-state index is 12.1. The molecule has 1 aromatic rings. The van der Waals surface area contributed by atoms with Crippen LogP contribution in [0.5, 0.6) is 0 Å². The van der Waals surface area contributed by atoms with E-state index in [1.165, 1.54) is 18.2 Å². The lowest BCUT2D eigenvalue weighted by Gasteiger charge is -2.10. The van der Waals surface area contributed by atoms with E-state index in [0.29, 0.717) is 12.2 Å². The average Bonchev–Trinajstić information content (AvgIpc) is 3.18. The van der Waals surface area contributed by atoms with Gasteiger partial charge in [-0.1, -0.05) is 0 Å². The highest BCUT2D eigenvalue weighted by atomic mass is 32.2. The van der Waals surface area contributed by atoms with Gasteiger partial charge in [-0.3, -0.25) is 0 Å². The maximum Gasteiger partial charge on any atom is 0.335 e. The fourth-order valence-corrected chi connectivity index (χ4v) is 3.04. The summed E-state index contributed by atoms with van der Waals surface area (Å²) >= 11 is 0. The molecule has 0 unspecified atom stereocenters. The van der Waals surface area contributed by atoms with E-state index < -0.39 is 16.0 Å². The van der Waals surface area contributed by atoms with Crippen LogP contribution in [0.1, 0.15) is 28.8 Å². The summed E-state index contributed by atoms with van der Waals surface area (Å²) in [6.07, 6.45) is 2.38. The SMILES string of the molecule is Cc1cc(C(=O)O)ccc1S(=O)(=O)NCCOC1CC1. The number of carbonyl (C=O) groups is 1. The molecule has 0 bridgehead atoms. The quantitative estimate of drug-likeness (QED) is 0.737. The van der Waals surface area contributed by atoms with E-state index in [1.807, 2.05) is 0 Å². The predicted molar refractivity (Wildman–Crippen MR) is 72.3 cm³/mol. The number of benzene rings is 1. The Morgan fingerprint density at radius 3 is 2.70 bits per heavy atom. The fourth-order valence-electron chi connectivity index (χ4n) is 1.80. The Bertz CT molecular complexity index is 607. The second-order valence-electron chi connectivity index (χ2n) is 4.75. The summed E-state index contributed by atoms with van der Waals surface area (Å²) in [7, 11) is -3.63. The molecule has 0 spiro atoms. The molecular weight excluding hydrogens is 282 g/mol. The molecule has 0 aromatic heterocycles. The lowest BCUT2D eigenvalue weighted by atomic mass is 10.1. The number of sulfonamides is 1. The summed E-state index contributed by atoms with van der Waals surface area (Å²) in [5, 5.41) is 8.85. The minimum atomic E-state index is -3.63. The van der Waals surface area contributed by atoms with Gasteiger partial charge in [-0.05, 0) is 43.5 Å². The van der Waals surface area contributed by atoms with E-state index in [0.717, 1.165) is 12.8 Å². The number of carboxylic acids is 1. The predicted octanol–water partition coefficient (Wildman–Crippen LogP) is 1.15. The average molecular weight is 299 g/mol. The second kappa shape index (κ2) is 5.90. The van der Waals surface area contributed by atoms with Crippen LogP contribution < -0.4 is 4.72 Å². The lowest BCUT2D eigenvalue weighted by molar-refractivity contribution is 0.0696. The Morgan fingerprint density at radius 2 is 2.15 bits per heavy atom. The van der Waals surface area contributed by atoms with Gasteiger partial charge in [0.05, 0.1) is 23.2 Å². The number of carboxylic acid groups (broad SMARTS) is 1. The molecule has 1 saturated carbocycles. The standard InChI is InChI=1S/C13H17NO5S/c1-9-8-10(13(15)16)2-5-12(9)20(17,18)14-6-7-19-11-3-4-11/h2,5,8,11,14H,3-4,6-7H2,1H3,(H,15,16). The molecule has 0 radical (unpaired) electrons. The van der Waals surface area contributed by atoms with Crippen molar-refractivity contribution >= 4 is 16.0 Å². The molecule has 0 aliphatic heterocycles. The van der Waals surface area contributed by atoms with Crippen molar-refractivity contribution in [3.05, 3.63) is 29.3 Å². The zero-order valence-electron chi connectivity index (χ0n) is 11.1. The molecule has 1 aromatic carbocycles. The van der Waals surface area contributed by atoms with E-state index in [9.17, 15) is 13.2 Å². The molecule has 1 fully saturated rings. The minimum absolute atomic E-state index is 0.0681. The van der Waals surface area contributed by atoms with Gasteiger partial charge in [0.2, 0.25) is 10.0 Å².